The molecule has 0 N–H and O–H groups in total. The monoisotopic (exact) mass is 492 g/mol. The van der Waals surface area contributed by atoms with E-state index in [9.17, 15) is 9.59 Å². The van der Waals surface area contributed by atoms with Crippen LogP contribution in [-0.4, -0.2) is 33.6 Å². The standard InChI is InChI=1S/C31H44N2O3/c1-21(2)18-26-8-7-16-32(26)20-28-27(24-13-14-24)19-22(3)29(34)33(28)17-15-23-9-11-25(12-10-23)30(35)36-31(4,5)6/h9-12,19,21,24,26H,7-8,13-18,20H2,1-6H3/t26-/m1/s1. The number of likely N-dealkylation sites (tertiary alicyclic amines) is 1. The molecule has 2 fully saturated rings. The van der Waals surface area contributed by atoms with Gasteiger partial charge < -0.3 is 9.30 Å². The zero-order valence-corrected chi connectivity index (χ0v) is 23.1. The Kier molecular flexibility index (Phi) is 8.09. The number of hydrogen-bond acceptors (Lipinski definition) is 4. The molecule has 0 unspecified atom stereocenters. The van der Waals surface area contributed by atoms with E-state index in [1.807, 2.05) is 52.0 Å². The molecule has 5 nitrogen and oxygen atoms in total. The van der Waals surface area contributed by atoms with Gasteiger partial charge in [0.25, 0.3) is 5.56 Å². The Bertz CT molecular complexity index is 1120. The molecule has 0 amide bonds. The van der Waals surface area contributed by atoms with Gasteiger partial charge in [-0.25, -0.2) is 4.79 Å². The molecule has 1 aliphatic heterocycles. The van der Waals surface area contributed by atoms with Gasteiger partial charge in [0.05, 0.1) is 5.56 Å². The number of ether oxygens (including phenoxy) is 1. The maximum atomic E-state index is 13.4. The van der Waals surface area contributed by atoms with E-state index in [2.05, 4.69) is 29.4 Å². The lowest BCUT2D eigenvalue weighted by Crippen LogP contribution is -2.35. The molecule has 0 radical (unpaired) electrons. The third kappa shape index (κ3) is 6.67. The van der Waals surface area contributed by atoms with Gasteiger partial charge in [-0.15, -0.1) is 0 Å². The van der Waals surface area contributed by atoms with Crippen molar-refractivity contribution in [3.63, 3.8) is 0 Å². The lowest BCUT2D eigenvalue weighted by Gasteiger charge is -2.29. The Labute approximate surface area is 216 Å². The molecule has 1 aliphatic carbocycles. The molecule has 1 saturated heterocycles. The first-order chi connectivity index (χ1) is 17.0. The van der Waals surface area contributed by atoms with Crippen molar-refractivity contribution in [3.05, 3.63) is 68.6 Å². The largest absolute Gasteiger partial charge is 0.456 e. The molecule has 36 heavy (non-hydrogen) atoms. The summed E-state index contributed by atoms with van der Waals surface area (Å²) in [5.41, 5.74) is 4.77. The highest BCUT2D eigenvalue weighted by molar-refractivity contribution is 5.89. The average molecular weight is 493 g/mol. The van der Waals surface area contributed by atoms with Crippen LogP contribution in [-0.2, 0) is 24.2 Å². The van der Waals surface area contributed by atoms with Crippen LogP contribution in [0.25, 0.3) is 0 Å². The molecule has 4 rings (SSSR count). The predicted molar refractivity (Wildman–Crippen MR) is 146 cm³/mol. The van der Waals surface area contributed by atoms with Crippen molar-refractivity contribution < 1.29 is 9.53 Å². The molecule has 1 saturated carbocycles. The fourth-order valence-electron chi connectivity index (χ4n) is 5.52. The molecule has 5 heteroatoms. The maximum Gasteiger partial charge on any atom is 0.338 e. The summed E-state index contributed by atoms with van der Waals surface area (Å²) in [6, 6.07) is 10.4. The molecule has 0 spiro atoms. The Balaban J connectivity index is 1.55. The van der Waals surface area contributed by atoms with Crippen LogP contribution in [0.5, 0.6) is 0 Å². The number of nitrogens with zero attached hydrogens (tertiary/aromatic N) is 2. The Morgan fingerprint density at radius 3 is 2.42 bits per heavy atom. The van der Waals surface area contributed by atoms with Gasteiger partial charge in [-0.3, -0.25) is 9.69 Å². The number of aromatic nitrogens is 1. The third-order valence-electron chi connectivity index (χ3n) is 7.44. The van der Waals surface area contributed by atoms with Gasteiger partial charge in [0.15, 0.2) is 0 Å². The summed E-state index contributed by atoms with van der Waals surface area (Å²) in [4.78, 5) is 28.4. The highest BCUT2D eigenvalue weighted by Gasteiger charge is 2.32. The molecule has 2 aliphatic rings. The van der Waals surface area contributed by atoms with E-state index < -0.39 is 5.60 Å². The molecular formula is C31H44N2O3. The van der Waals surface area contributed by atoms with E-state index in [4.69, 9.17) is 4.74 Å². The van der Waals surface area contributed by atoms with Crippen molar-refractivity contribution in [2.75, 3.05) is 6.54 Å². The van der Waals surface area contributed by atoms with Gasteiger partial charge >= 0.3 is 5.97 Å². The van der Waals surface area contributed by atoms with Gasteiger partial charge in [-0.05, 0) is 114 Å². The van der Waals surface area contributed by atoms with Crippen molar-refractivity contribution >= 4 is 5.97 Å². The minimum Gasteiger partial charge on any atom is -0.456 e. The first-order valence-corrected chi connectivity index (χ1v) is 13.8. The van der Waals surface area contributed by atoms with Crippen LogP contribution in [0.15, 0.2) is 35.1 Å². The molecule has 0 bridgehead atoms. The SMILES string of the molecule is Cc1cc(C2CC2)c(CN2CCC[C@@H]2CC(C)C)n(CCc2ccc(C(=O)OC(C)(C)C)cc2)c1=O. The minimum absolute atomic E-state index is 0.138. The van der Waals surface area contributed by atoms with Crippen LogP contribution < -0.4 is 5.56 Å². The lowest BCUT2D eigenvalue weighted by atomic mass is 10.0. The third-order valence-corrected chi connectivity index (χ3v) is 7.44. The summed E-state index contributed by atoms with van der Waals surface area (Å²) >= 11 is 0. The molecule has 1 aromatic carbocycles. The van der Waals surface area contributed by atoms with Crippen LogP contribution in [0.2, 0.25) is 0 Å². The summed E-state index contributed by atoms with van der Waals surface area (Å²) in [6.07, 6.45) is 6.94. The first kappa shape index (κ1) is 26.7. The molecular weight excluding hydrogens is 448 g/mol. The number of esters is 1. The maximum absolute atomic E-state index is 13.4. The fraction of sp³-hybridized carbons (Fsp3) is 0.613. The second-order valence-corrected chi connectivity index (χ2v) is 12.3. The normalized spacial score (nSPS) is 18.7. The molecule has 1 atom stereocenters. The van der Waals surface area contributed by atoms with Crippen molar-refractivity contribution in [1.82, 2.24) is 9.47 Å². The fourth-order valence-corrected chi connectivity index (χ4v) is 5.52. The first-order valence-electron chi connectivity index (χ1n) is 13.8. The van der Waals surface area contributed by atoms with Crippen molar-refractivity contribution in [3.8, 4) is 0 Å². The second kappa shape index (κ2) is 10.9. The van der Waals surface area contributed by atoms with Gasteiger partial charge in [-0.2, -0.15) is 0 Å². The van der Waals surface area contributed by atoms with E-state index in [1.54, 1.807) is 0 Å². The average Bonchev–Trinajstić information content (AvgIpc) is 3.55. The smallest absolute Gasteiger partial charge is 0.338 e. The minimum atomic E-state index is -0.513. The van der Waals surface area contributed by atoms with Gasteiger partial charge in [-0.1, -0.05) is 26.0 Å². The number of benzene rings is 1. The Hall–Kier alpha value is -2.40. The molecule has 2 aromatic rings. The van der Waals surface area contributed by atoms with Gasteiger partial charge in [0.2, 0.25) is 0 Å². The summed E-state index contributed by atoms with van der Waals surface area (Å²) in [5, 5.41) is 0. The van der Waals surface area contributed by atoms with Crippen molar-refractivity contribution in [2.45, 2.75) is 111 Å². The number of hydrogen-bond donors (Lipinski definition) is 0. The predicted octanol–water partition coefficient (Wildman–Crippen LogP) is 6.24. The topological polar surface area (TPSA) is 51.5 Å². The zero-order valence-electron chi connectivity index (χ0n) is 23.1. The zero-order chi connectivity index (χ0) is 26.0. The van der Waals surface area contributed by atoms with Gasteiger partial charge in [0, 0.05) is 30.4 Å². The summed E-state index contributed by atoms with van der Waals surface area (Å²) < 4.78 is 7.55. The second-order valence-electron chi connectivity index (χ2n) is 12.3. The number of aryl methyl sites for hydroxylation is 2. The van der Waals surface area contributed by atoms with E-state index >= 15 is 0 Å². The summed E-state index contributed by atoms with van der Waals surface area (Å²) in [6.45, 7) is 14.8. The molecule has 2 heterocycles. The molecule has 1 aromatic heterocycles. The number of rotatable bonds is 9. The van der Waals surface area contributed by atoms with Crippen LogP contribution in [0.4, 0.5) is 0 Å². The number of carbonyl (C=O) groups excluding carboxylic acids is 1. The van der Waals surface area contributed by atoms with Gasteiger partial charge in [0.1, 0.15) is 5.60 Å². The van der Waals surface area contributed by atoms with Crippen molar-refractivity contribution in [1.29, 1.82) is 0 Å². The number of pyridine rings is 1. The van der Waals surface area contributed by atoms with E-state index in [-0.39, 0.29) is 11.5 Å². The van der Waals surface area contributed by atoms with E-state index in [0.717, 1.165) is 30.6 Å². The Morgan fingerprint density at radius 1 is 1.11 bits per heavy atom. The highest BCUT2D eigenvalue weighted by Crippen LogP contribution is 2.42. The van der Waals surface area contributed by atoms with E-state index in [0.29, 0.717) is 30.0 Å². The summed E-state index contributed by atoms with van der Waals surface area (Å²) in [7, 11) is 0. The van der Waals surface area contributed by atoms with E-state index in [1.165, 1.54) is 43.4 Å². The molecule has 196 valence electrons. The highest BCUT2D eigenvalue weighted by atomic mass is 16.6. The number of carbonyl (C=O) groups is 1. The van der Waals surface area contributed by atoms with Crippen LogP contribution in [0.3, 0.4) is 0 Å². The Morgan fingerprint density at radius 2 is 1.81 bits per heavy atom. The van der Waals surface area contributed by atoms with Crippen LogP contribution in [0.1, 0.15) is 105 Å². The quantitative estimate of drug-likeness (QED) is 0.389. The lowest BCUT2D eigenvalue weighted by molar-refractivity contribution is 0.00695. The van der Waals surface area contributed by atoms with Crippen LogP contribution in [0, 0.1) is 12.8 Å². The van der Waals surface area contributed by atoms with Crippen LogP contribution >= 0.6 is 0 Å². The van der Waals surface area contributed by atoms with Crippen molar-refractivity contribution in [2.24, 2.45) is 5.92 Å². The summed E-state index contributed by atoms with van der Waals surface area (Å²) in [5.74, 6) is 0.981.